The molecule has 1 heterocycles. The smallest absolute Gasteiger partial charge is 0.262 e. The van der Waals surface area contributed by atoms with Crippen LogP contribution in [0.5, 0.6) is 5.75 Å². The molecular weight excluding hydrogens is 355 g/mol. The predicted octanol–water partition coefficient (Wildman–Crippen LogP) is 2.85. The maximum Gasteiger partial charge on any atom is 0.262 e. The first-order chi connectivity index (χ1) is 12.6. The number of carbonyl (C=O) groups is 2. The van der Waals surface area contributed by atoms with Crippen molar-refractivity contribution in [3.63, 3.8) is 0 Å². The van der Waals surface area contributed by atoms with Gasteiger partial charge in [0.25, 0.3) is 5.91 Å². The number of carbonyl (C=O) groups excluding carboxylic acids is 2. The topological polar surface area (TPSA) is 58.6 Å². The maximum absolute atomic E-state index is 12.9. The SMILES string of the molecule is CNC(=O)[C@@H]1CN(C(=O)CCSc2ccc(F)cc2)c2ccccc2O1. The van der Waals surface area contributed by atoms with Crippen LogP contribution in [0.4, 0.5) is 10.1 Å². The minimum absolute atomic E-state index is 0.0794. The summed E-state index contributed by atoms with van der Waals surface area (Å²) >= 11 is 1.49. The number of anilines is 1. The zero-order valence-electron chi connectivity index (χ0n) is 14.3. The number of hydrogen-bond donors (Lipinski definition) is 1. The van der Waals surface area contributed by atoms with Crippen LogP contribution < -0.4 is 15.0 Å². The Hall–Kier alpha value is -2.54. The highest BCUT2D eigenvalue weighted by atomic mass is 32.2. The molecule has 0 aromatic heterocycles. The fraction of sp³-hybridized carbons (Fsp3) is 0.263. The third-order valence-electron chi connectivity index (χ3n) is 4.01. The number of likely N-dealkylation sites (N-methyl/N-ethyl adjacent to an activating group) is 1. The van der Waals surface area contributed by atoms with Crippen molar-refractivity contribution in [1.82, 2.24) is 5.32 Å². The number of rotatable bonds is 5. The number of benzene rings is 2. The molecule has 0 saturated carbocycles. The monoisotopic (exact) mass is 374 g/mol. The summed E-state index contributed by atoms with van der Waals surface area (Å²) < 4.78 is 18.6. The molecule has 1 aliphatic rings. The number of amides is 2. The molecule has 5 nitrogen and oxygen atoms in total. The number of para-hydroxylation sites is 2. The second-order valence-electron chi connectivity index (χ2n) is 5.75. The molecule has 0 bridgehead atoms. The number of nitrogens with zero attached hydrogens (tertiary/aromatic N) is 1. The van der Waals surface area contributed by atoms with Gasteiger partial charge in [-0.25, -0.2) is 4.39 Å². The summed E-state index contributed by atoms with van der Waals surface area (Å²) in [6, 6.07) is 13.4. The standard InChI is InChI=1S/C19H19FN2O3S/c1-21-19(24)17-12-22(15-4-2-3-5-16(15)25-17)18(23)10-11-26-14-8-6-13(20)7-9-14/h2-9,17H,10-12H2,1H3,(H,21,24)/t17-/m0/s1. The van der Waals surface area contributed by atoms with Gasteiger partial charge in [-0.05, 0) is 36.4 Å². The fourth-order valence-corrected chi connectivity index (χ4v) is 3.53. The summed E-state index contributed by atoms with van der Waals surface area (Å²) in [6.07, 6.45) is -0.430. The third kappa shape index (κ3) is 4.16. The Kier molecular flexibility index (Phi) is 5.78. The van der Waals surface area contributed by atoms with Gasteiger partial charge >= 0.3 is 0 Å². The van der Waals surface area contributed by atoms with Gasteiger partial charge in [0.05, 0.1) is 12.2 Å². The van der Waals surface area contributed by atoms with Gasteiger partial charge in [0.2, 0.25) is 5.91 Å². The van der Waals surface area contributed by atoms with Gasteiger partial charge in [-0.15, -0.1) is 11.8 Å². The van der Waals surface area contributed by atoms with Crippen molar-refractivity contribution in [1.29, 1.82) is 0 Å². The van der Waals surface area contributed by atoms with Crippen LogP contribution in [0.15, 0.2) is 53.4 Å². The first-order valence-corrected chi connectivity index (χ1v) is 9.23. The van der Waals surface area contributed by atoms with Gasteiger partial charge in [-0.1, -0.05) is 12.1 Å². The van der Waals surface area contributed by atoms with Crippen molar-refractivity contribution >= 4 is 29.3 Å². The molecule has 0 spiro atoms. The third-order valence-corrected chi connectivity index (χ3v) is 5.03. The van der Waals surface area contributed by atoms with Gasteiger partial charge < -0.3 is 15.0 Å². The summed E-state index contributed by atoms with van der Waals surface area (Å²) in [7, 11) is 1.54. The molecule has 2 amide bonds. The van der Waals surface area contributed by atoms with Crippen LogP contribution in [0, 0.1) is 5.82 Å². The second kappa shape index (κ2) is 8.23. The summed E-state index contributed by atoms with van der Waals surface area (Å²) in [4.78, 5) is 27.2. The lowest BCUT2D eigenvalue weighted by Crippen LogP contribution is -2.50. The first-order valence-electron chi connectivity index (χ1n) is 8.24. The summed E-state index contributed by atoms with van der Waals surface area (Å²) in [5.41, 5.74) is 0.671. The molecule has 136 valence electrons. The molecule has 1 N–H and O–H groups in total. The van der Waals surface area contributed by atoms with Crippen LogP contribution in [0.25, 0.3) is 0 Å². The molecule has 0 unspecified atom stereocenters. The summed E-state index contributed by atoms with van der Waals surface area (Å²) in [5.74, 6) is 0.457. The van der Waals surface area contributed by atoms with E-state index in [1.807, 2.05) is 6.07 Å². The molecule has 1 aliphatic heterocycles. The zero-order valence-corrected chi connectivity index (χ0v) is 15.1. The van der Waals surface area contributed by atoms with Crippen molar-refractivity contribution < 1.29 is 18.7 Å². The highest BCUT2D eigenvalue weighted by molar-refractivity contribution is 7.99. The minimum Gasteiger partial charge on any atom is -0.477 e. The van der Waals surface area contributed by atoms with Crippen LogP contribution in [0.1, 0.15) is 6.42 Å². The second-order valence-corrected chi connectivity index (χ2v) is 6.91. The Bertz CT molecular complexity index is 798. The van der Waals surface area contributed by atoms with Gasteiger partial charge in [-0.2, -0.15) is 0 Å². The zero-order chi connectivity index (χ0) is 18.5. The van der Waals surface area contributed by atoms with Crippen molar-refractivity contribution in [2.24, 2.45) is 0 Å². The number of nitrogens with one attached hydrogen (secondary N) is 1. The number of ether oxygens (including phenoxy) is 1. The van der Waals surface area contributed by atoms with E-state index in [1.54, 1.807) is 35.2 Å². The van der Waals surface area contributed by atoms with Crippen LogP contribution in [-0.4, -0.2) is 37.3 Å². The number of halogens is 1. The Labute approximate surface area is 155 Å². The van der Waals surface area contributed by atoms with Crippen LogP contribution in [0.2, 0.25) is 0 Å². The molecule has 3 rings (SSSR count). The Balaban J connectivity index is 1.66. The highest BCUT2D eigenvalue weighted by Gasteiger charge is 2.32. The molecule has 2 aromatic carbocycles. The van der Waals surface area contributed by atoms with E-state index < -0.39 is 6.10 Å². The first kappa shape index (κ1) is 18.3. The van der Waals surface area contributed by atoms with Crippen molar-refractivity contribution in [2.75, 3.05) is 24.2 Å². The summed E-state index contributed by atoms with van der Waals surface area (Å²) in [6.45, 7) is 0.177. The van der Waals surface area contributed by atoms with E-state index in [-0.39, 0.29) is 24.2 Å². The minimum atomic E-state index is -0.733. The van der Waals surface area contributed by atoms with E-state index >= 15 is 0 Å². The van der Waals surface area contributed by atoms with E-state index in [0.29, 0.717) is 23.6 Å². The number of thioether (sulfide) groups is 1. The average Bonchev–Trinajstić information content (AvgIpc) is 2.67. The Morgan fingerprint density at radius 1 is 1.23 bits per heavy atom. The number of hydrogen-bond acceptors (Lipinski definition) is 4. The lowest BCUT2D eigenvalue weighted by Gasteiger charge is -2.34. The Morgan fingerprint density at radius 2 is 1.96 bits per heavy atom. The van der Waals surface area contributed by atoms with E-state index in [4.69, 9.17) is 4.74 Å². The van der Waals surface area contributed by atoms with E-state index in [1.165, 1.54) is 30.9 Å². The van der Waals surface area contributed by atoms with Crippen molar-refractivity contribution in [3.8, 4) is 5.75 Å². The van der Waals surface area contributed by atoms with Crippen LogP contribution >= 0.6 is 11.8 Å². The largest absolute Gasteiger partial charge is 0.477 e. The van der Waals surface area contributed by atoms with Gasteiger partial charge in [0, 0.05) is 24.1 Å². The maximum atomic E-state index is 12.9. The van der Waals surface area contributed by atoms with E-state index in [9.17, 15) is 14.0 Å². The van der Waals surface area contributed by atoms with E-state index in [2.05, 4.69) is 5.32 Å². The molecule has 0 fully saturated rings. The molecule has 0 radical (unpaired) electrons. The quantitative estimate of drug-likeness (QED) is 0.818. The highest BCUT2D eigenvalue weighted by Crippen LogP contribution is 2.33. The molecule has 1 atom stereocenters. The van der Waals surface area contributed by atoms with Crippen LogP contribution in [-0.2, 0) is 9.59 Å². The Morgan fingerprint density at radius 3 is 2.69 bits per heavy atom. The molecular formula is C19H19FN2O3S. The lowest BCUT2D eigenvalue weighted by atomic mass is 10.1. The fourth-order valence-electron chi connectivity index (χ4n) is 2.69. The molecule has 2 aromatic rings. The van der Waals surface area contributed by atoms with Gasteiger partial charge in [0.15, 0.2) is 6.10 Å². The molecule has 0 saturated heterocycles. The lowest BCUT2D eigenvalue weighted by molar-refractivity contribution is -0.127. The molecule has 7 heteroatoms. The predicted molar refractivity (Wildman–Crippen MR) is 99.0 cm³/mol. The average molecular weight is 374 g/mol. The molecule has 0 aliphatic carbocycles. The van der Waals surface area contributed by atoms with Gasteiger partial charge in [0.1, 0.15) is 11.6 Å². The number of fused-ring (bicyclic) bond motifs is 1. The normalized spacial score (nSPS) is 15.8. The van der Waals surface area contributed by atoms with Crippen molar-refractivity contribution in [3.05, 3.63) is 54.3 Å². The van der Waals surface area contributed by atoms with Crippen molar-refractivity contribution in [2.45, 2.75) is 17.4 Å². The van der Waals surface area contributed by atoms with Gasteiger partial charge in [-0.3, -0.25) is 9.59 Å². The van der Waals surface area contributed by atoms with Crippen LogP contribution in [0.3, 0.4) is 0 Å². The van der Waals surface area contributed by atoms with E-state index in [0.717, 1.165) is 4.90 Å². The summed E-state index contributed by atoms with van der Waals surface area (Å²) in [5, 5.41) is 2.56. The molecule has 26 heavy (non-hydrogen) atoms.